The summed E-state index contributed by atoms with van der Waals surface area (Å²) in [5.74, 6) is 0.743. The van der Waals surface area contributed by atoms with Crippen LogP contribution in [0.2, 0.25) is 0 Å². The minimum absolute atomic E-state index is 0.132. The lowest BCUT2D eigenvalue weighted by atomic mass is 10.2. The van der Waals surface area contributed by atoms with E-state index < -0.39 is 0 Å². The third kappa shape index (κ3) is 4.57. The number of hydrogen-bond acceptors (Lipinski definition) is 2. The van der Waals surface area contributed by atoms with Crippen molar-refractivity contribution in [1.82, 2.24) is 0 Å². The first kappa shape index (κ1) is 14.4. The van der Waals surface area contributed by atoms with Crippen molar-refractivity contribution in [1.29, 1.82) is 0 Å². The van der Waals surface area contributed by atoms with E-state index in [4.69, 9.17) is 4.74 Å². The Morgan fingerprint density at radius 3 is 2.55 bits per heavy atom. The van der Waals surface area contributed by atoms with Crippen LogP contribution in [0.3, 0.4) is 0 Å². The van der Waals surface area contributed by atoms with Gasteiger partial charge in [0.1, 0.15) is 5.75 Å². The van der Waals surface area contributed by atoms with E-state index in [2.05, 4.69) is 5.32 Å². The van der Waals surface area contributed by atoms with Crippen LogP contribution in [0, 0.1) is 0 Å². The highest BCUT2D eigenvalue weighted by Gasteiger charge is 2.16. The molecule has 1 aromatic carbocycles. The molecule has 1 N–H and O–H groups in total. The second kappa shape index (κ2) is 7.53. The van der Waals surface area contributed by atoms with Gasteiger partial charge in [-0.2, -0.15) is 0 Å². The predicted octanol–water partition coefficient (Wildman–Crippen LogP) is 4.08. The summed E-state index contributed by atoms with van der Waals surface area (Å²) in [4.78, 5) is 11.6. The summed E-state index contributed by atoms with van der Waals surface area (Å²) >= 11 is 0. The molecule has 3 nitrogen and oxygen atoms in total. The summed E-state index contributed by atoms with van der Waals surface area (Å²) in [6.07, 6.45) is 12.1. The van der Waals surface area contributed by atoms with Gasteiger partial charge in [-0.15, -0.1) is 0 Å². The monoisotopic (exact) mass is 271 g/mol. The molecule has 0 aliphatic heterocycles. The Bertz CT molecular complexity index is 482. The van der Waals surface area contributed by atoms with E-state index in [1.807, 2.05) is 43.3 Å². The highest BCUT2D eigenvalue weighted by molar-refractivity contribution is 5.99. The van der Waals surface area contributed by atoms with E-state index in [1.165, 1.54) is 18.9 Å². The van der Waals surface area contributed by atoms with Gasteiger partial charge in [-0.1, -0.05) is 18.2 Å². The number of ether oxygens (including phenoxy) is 1. The molecule has 1 saturated carbocycles. The molecule has 3 heteroatoms. The van der Waals surface area contributed by atoms with Gasteiger partial charge in [-0.25, -0.2) is 0 Å². The largest absolute Gasteiger partial charge is 0.490 e. The third-order valence-corrected chi connectivity index (χ3v) is 3.28. The molecule has 1 aliphatic carbocycles. The quantitative estimate of drug-likeness (QED) is 0.647. The molecule has 0 heterocycles. The Morgan fingerprint density at radius 1 is 1.20 bits per heavy atom. The molecule has 1 aromatic rings. The Balaban J connectivity index is 1.85. The number of rotatable bonds is 5. The minimum atomic E-state index is -0.132. The summed E-state index contributed by atoms with van der Waals surface area (Å²) in [6, 6.07) is 7.55. The van der Waals surface area contributed by atoms with E-state index >= 15 is 0 Å². The summed E-state index contributed by atoms with van der Waals surface area (Å²) in [7, 11) is 0. The highest BCUT2D eigenvalue weighted by Crippen LogP contribution is 2.24. The highest BCUT2D eigenvalue weighted by atomic mass is 16.5. The molecule has 0 radical (unpaired) electrons. The Hall–Kier alpha value is -2.03. The maximum Gasteiger partial charge on any atom is 0.248 e. The van der Waals surface area contributed by atoms with E-state index in [-0.39, 0.29) is 5.91 Å². The molecular weight excluding hydrogens is 250 g/mol. The molecule has 0 unspecified atom stereocenters. The van der Waals surface area contributed by atoms with Crippen LogP contribution in [-0.4, -0.2) is 12.0 Å². The summed E-state index contributed by atoms with van der Waals surface area (Å²) < 4.78 is 5.88. The zero-order valence-electron chi connectivity index (χ0n) is 11.8. The van der Waals surface area contributed by atoms with Gasteiger partial charge in [0.05, 0.1) is 6.10 Å². The summed E-state index contributed by atoms with van der Waals surface area (Å²) in [5.41, 5.74) is 0.777. The Morgan fingerprint density at radius 2 is 1.90 bits per heavy atom. The number of carbonyl (C=O) groups excluding carboxylic acids is 1. The van der Waals surface area contributed by atoms with Gasteiger partial charge in [0.25, 0.3) is 0 Å². The molecule has 1 amide bonds. The lowest BCUT2D eigenvalue weighted by Crippen LogP contribution is -2.11. The molecule has 2 rings (SSSR count). The standard InChI is InChI=1S/C17H21NO2/c1-2-3-4-9-17(19)18-14-10-12-16(13-11-14)20-15-7-5-6-8-15/h2-4,9-13,15H,5-8H2,1H3,(H,18,19). The SMILES string of the molecule is CC=CC=CC(=O)Nc1ccc(OC2CCCC2)cc1. The topological polar surface area (TPSA) is 38.3 Å². The van der Waals surface area contributed by atoms with Gasteiger partial charge in [0.15, 0.2) is 0 Å². The van der Waals surface area contributed by atoms with Crippen molar-refractivity contribution in [3.63, 3.8) is 0 Å². The van der Waals surface area contributed by atoms with Crippen molar-refractivity contribution in [3.05, 3.63) is 48.6 Å². The molecule has 1 aliphatic rings. The van der Waals surface area contributed by atoms with E-state index in [1.54, 1.807) is 6.08 Å². The fraction of sp³-hybridized carbons (Fsp3) is 0.353. The number of nitrogens with one attached hydrogen (secondary N) is 1. The average Bonchev–Trinajstić information content (AvgIpc) is 2.94. The first-order chi connectivity index (χ1) is 9.78. The normalized spacial score (nSPS) is 16.1. The van der Waals surface area contributed by atoms with Crippen molar-refractivity contribution in [2.24, 2.45) is 0 Å². The van der Waals surface area contributed by atoms with Crippen LogP contribution in [0.1, 0.15) is 32.6 Å². The van der Waals surface area contributed by atoms with Gasteiger partial charge in [0, 0.05) is 11.8 Å². The number of anilines is 1. The van der Waals surface area contributed by atoms with E-state index in [9.17, 15) is 4.79 Å². The fourth-order valence-electron chi connectivity index (χ4n) is 2.25. The van der Waals surface area contributed by atoms with Crippen LogP contribution in [0.5, 0.6) is 5.75 Å². The second-order valence-electron chi connectivity index (χ2n) is 4.92. The van der Waals surface area contributed by atoms with Crippen LogP contribution < -0.4 is 10.1 Å². The van der Waals surface area contributed by atoms with Gasteiger partial charge >= 0.3 is 0 Å². The molecule has 1 fully saturated rings. The van der Waals surface area contributed by atoms with Gasteiger partial charge in [-0.3, -0.25) is 4.79 Å². The molecular formula is C17H21NO2. The van der Waals surface area contributed by atoms with Crippen LogP contribution >= 0.6 is 0 Å². The summed E-state index contributed by atoms with van der Waals surface area (Å²) in [5, 5.41) is 2.81. The van der Waals surface area contributed by atoms with Crippen molar-refractivity contribution >= 4 is 11.6 Å². The molecule has 0 spiro atoms. The zero-order valence-corrected chi connectivity index (χ0v) is 11.8. The zero-order chi connectivity index (χ0) is 14.2. The first-order valence-electron chi connectivity index (χ1n) is 7.15. The number of carbonyl (C=O) groups is 1. The fourth-order valence-corrected chi connectivity index (χ4v) is 2.25. The van der Waals surface area contributed by atoms with Gasteiger partial charge in [-0.05, 0) is 56.9 Å². The Labute approximate surface area is 120 Å². The average molecular weight is 271 g/mol. The molecule has 0 saturated heterocycles. The van der Waals surface area contributed by atoms with Crippen molar-refractivity contribution < 1.29 is 9.53 Å². The van der Waals surface area contributed by atoms with Gasteiger partial charge < -0.3 is 10.1 Å². The van der Waals surface area contributed by atoms with Gasteiger partial charge in [0.2, 0.25) is 5.91 Å². The third-order valence-electron chi connectivity index (χ3n) is 3.28. The van der Waals surface area contributed by atoms with Crippen LogP contribution in [0.15, 0.2) is 48.6 Å². The second-order valence-corrected chi connectivity index (χ2v) is 4.92. The lowest BCUT2D eigenvalue weighted by molar-refractivity contribution is -0.111. The van der Waals surface area contributed by atoms with Crippen LogP contribution in [0.25, 0.3) is 0 Å². The first-order valence-corrected chi connectivity index (χ1v) is 7.15. The maximum absolute atomic E-state index is 11.6. The van der Waals surface area contributed by atoms with Crippen LogP contribution in [0.4, 0.5) is 5.69 Å². The molecule has 0 aromatic heterocycles. The summed E-state index contributed by atoms with van der Waals surface area (Å²) in [6.45, 7) is 1.91. The predicted molar refractivity (Wildman–Crippen MR) is 81.9 cm³/mol. The number of allylic oxidation sites excluding steroid dienone is 3. The molecule has 0 bridgehead atoms. The smallest absolute Gasteiger partial charge is 0.248 e. The van der Waals surface area contributed by atoms with Crippen molar-refractivity contribution in [2.45, 2.75) is 38.7 Å². The molecule has 20 heavy (non-hydrogen) atoms. The molecule has 106 valence electrons. The van der Waals surface area contributed by atoms with E-state index in [0.29, 0.717) is 6.10 Å². The minimum Gasteiger partial charge on any atom is -0.490 e. The van der Waals surface area contributed by atoms with E-state index in [0.717, 1.165) is 24.3 Å². The Kier molecular flexibility index (Phi) is 5.42. The maximum atomic E-state index is 11.6. The van der Waals surface area contributed by atoms with Crippen LogP contribution in [-0.2, 0) is 4.79 Å². The molecule has 0 atom stereocenters. The number of benzene rings is 1. The number of amides is 1. The lowest BCUT2D eigenvalue weighted by Gasteiger charge is -2.13. The van der Waals surface area contributed by atoms with Crippen molar-refractivity contribution in [2.75, 3.05) is 5.32 Å². The van der Waals surface area contributed by atoms with Crippen molar-refractivity contribution in [3.8, 4) is 5.75 Å². The number of hydrogen-bond donors (Lipinski definition) is 1.